The van der Waals surface area contributed by atoms with Crippen LogP contribution in [0.25, 0.3) is 16.6 Å². The Labute approximate surface area is 202 Å². The molecule has 2 heterocycles. The zero-order chi connectivity index (χ0) is 24.4. The quantitative estimate of drug-likeness (QED) is 0.330. The van der Waals surface area contributed by atoms with Crippen LogP contribution in [0, 0.1) is 13.8 Å². The minimum atomic E-state index is -0.248. The Morgan fingerprint density at radius 1 is 0.971 bits per heavy atom. The molecule has 0 aliphatic rings. The number of aromatic nitrogens is 4. The van der Waals surface area contributed by atoms with Crippen molar-refractivity contribution in [2.75, 3.05) is 10.6 Å². The van der Waals surface area contributed by atoms with Crippen molar-refractivity contribution in [3.8, 4) is 0 Å². The Bertz CT molecular complexity index is 1580. The monoisotopic (exact) mass is 466 g/mol. The molecular formula is C27H26N6O2. The first-order valence-corrected chi connectivity index (χ1v) is 11.5. The predicted octanol–water partition coefficient (Wildman–Crippen LogP) is 4.37. The number of hydrogen-bond acceptors (Lipinski definition) is 5. The fraction of sp³-hybridized carbons (Fsp3) is 0.185. The lowest BCUT2D eigenvalue weighted by Crippen LogP contribution is -2.23. The number of amides is 1. The highest BCUT2D eigenvalue weighted by Gasteiger charge is 2.15. The van der Waals surface area contributed by atoms with Crippen LogP contribution in [0.4, 0.5) is 11.6 Å². The lowest BCUT2D eigenvalue weighted by atomic mass is 10.1. The van der Waals surface area contributed by atoms with E-state index in [1.165, 1.54) is 10.1 Å². The molecule has 35 heavy (non-hydrogen) atoms. The Morgan fingerprint density at radius 3 is 2.54 bits per heavy atom. The van der Waals surface area contributed by atoms with E-state index in [9.17, 15) is 9.59 Å². The highest BCUT2D eigenvalue weighted by atomic mass is 16.1. The van der Waals surface area contributed by atoms with Crippen molar-refractivity contribution in [2.24, 2.45) is 0 Å². The zero-order valence-electron chi connectivity index (χ0n) is 19.6. The Morgan fingerprint density at radius 2 is 1.74 bits per heavy atom. The zero-order valence-corrected chi connectivity index (χ0v) is 19.6. The molecule has 0 spiro atoms. The molecule has 0 saturated heterocycles. The molecule has 0 fully saturated rings. The summed E-state index contributed by atoms with van der Waals surface area (Å²) in [5.74, 6) is 0.596. The summed E-state index contributed by atoms with van der Waals surface area (Å²) in [5.41, 5.74) is 3.85. The van der Waals surface area contributed by atoms with Gasteiger partial charge >= 0.3 is 0 Å². The summed E-state index contributed by atoms with van der Waals surface area (Å²) in [5, 5.41) is 11.3. The first-order chi connectivity index (χ1) is 17.0. The van der Waals surface area contributed by atoms with E-state index in [0.29, 0.717) is 29.5 Å². The van der Waals surface area contributed by atoms with Crippen molar-refractivity contribution in [3.63, 3.8) is 0 Å². The van der Waals surface area contributed by atoms with Crippen LogP contribution >= 0.6 is 0 Å². The average Bonchev–Trinajstić information content (AvgIpc) is 3.26. The molecule has 8 heteroatoms. The van der Waals surface area contributed by atoms with Crippen LogP contribution in [0.2, 0.25) is 0 Å². The number of anilines is 2. The molecule has 3 N–H and O–H groups in total. The number of carbonyl (C=O) groups is 1. The van der Waals surface area contributed by atoms with E-state index in [-0.39, 0.29) is 24.3 Å². The van der Waals surface area contributed by atoms with Gasteiger partial charge in [0.1, 0.15) is 0 Å². The molecular weight excluding hydrogens is 440 g/mol. The molecule has 8 nitrogen and oxygen atoms in total. The van der Waals surface area contributed by atoms with E-state index in [2.05, 4.69) is 25.7 Å². The maximum absolute atomic E-state index is 13.1. The third-order valence-corrected chi connectivity index (χ3v) is 6.01. The van der Waals surface area contributed by atoms with Gasteiger partial charge < -0.3 is 10.6 Å². The van der Waals surface area contributed by atoms with Gasteiger partial charge in [0, 0.05) is 24.2 Å². The summed E-state index contributed by atoms with van der Waals surface area (Å²) in [6, 6.07) is 22.0. The summed E-state index contributed by atoms with van der Waals surface area (Å²) in [7, 11) is 0. The number of aryl methyl sites for hydroxylation is 2. The average molecular weight is 467 g/mol. The number of carbonyl (C=O) groups excluding carboxylic acids is 1. The fourth-order valence-electron chi connectivity index (χ4n) is 4.04. The summed E-state index contributed by atoms with van der Waals surface area (Å²) in [4.78, 5) is 34.5. The fourth-order valence-corrected chi connectivity index (χ4v) is 4.04. The number of rotatable bonds is 7. The molecule has 176 valence electrons. The van der Waals surface area contributed by atoms with Crippen molar-refractivity contribution >= 4 is 34.1 Å². The van der Waals surface area contributed by atoms with Crippen molar-refractivity contribution in [3.05, 3.63) is 99.5 Å². The highest BCUT2D eigenvalue weighted by Crippen LogP contribution is 2.19. The summed E-state index contributed by atoms with van der Waals surface area (Å²) < 4.78 is 1.32. The SMILES string of the molecule is Cc1ccc(CNc2nc3nc(C)c(CCC(=O)Nc4ccc5ccccc5c4)c(=O)n3[nH]2)cc1. The van der Waals surface area contributed by atoms with Crippen LogP contribution in [0.5, 0.6) is 0 Å². The molecule has 0 saturated carbocycles. The molecule has 5 rings (SSSR count). The molecule has 3 aromatic carbocycles. The van der Waals surface area contributed by atoms with Gasteiger partial charge in [0.25, 0.3) is 11.3 Å². The molecule has 0 aliphatic heterocycles. The van der Waals surface area contributed by atoms with Crippen molar-refractivity contribution in [1.29, 1.82) is 0 Å². The van der Waals surface area contributed by atoms with Crippen molar-refractivity contribution in [1.82, 2.24) is 19.6 Å². The van der Waals surface area contributed by atoms with Gasteiger partial charge in [0.15, 0.2) is 0 Å². The van der Waals surface area contributed by atoms with Gasteiger partial charge in [-0.25, -0.2) is 4.98 Å². The first kappa shape index (κ1) is 22.3. The van der Waals surface area contributed by atoms with Gasteiger partial charge in [-0.2, -0.15) is 9.50 Å². The van der Waals surface area contributed by atoms with Gasteiger partial charge in [-0.3, -0.25) is 14.7 Å². The minimum absolute atomic E-state index is 0.158. The van der Waals surface area contributed by atoms with E-state index < -0.39 is 0 Å². The van der Waals surface area contributed by atoms with Gasteiger partial charge in [0.05, 0.1) is 5.69 Å². The van der Waals surface area contributed by atoms with Gasteiger partial charge in [-0.15, -0.1) is 0 Å². The molecule has 0 bridgehead atoms. The van der Waals surface area contributed by atoms with E-state index >= 15 is 0 Å². The topological polar surface area (TPSA) is 104 Å². The molecule has 0 aliphatic carbocycles. The molecule has 5 aromatic rings. The van der Waals surface area contributed by atoms with Gasteiger partial charge in [-0.05, 0) is 48.7 Å². The summed E-state index contributed by atoms with van der Waals surface area (Å²) in [6.45, 7) is 4.38. The summed E-state index contributed by atoms with van der Waals surface area (Å²) in [6.07, 6.45) is 0.453. The Hall–Kier alpha value is -4.46. The molecule has 2 aromatic heterocycles. The van der Waals surface area contributed by atoms with Crippen LogP contribution in [0.3, 0.4) is 0 Å². The second-order valence-corrected chi connectivity index (χ2v) is 8.64. The summed E-state index contributed by atoms with van der Waals surface area (Å²) >= 11 is 0. The van der Waals surface area contributed by atoms with Gasteiger partial charge in [0.2, 0.25) is 11.9 Å². The van der Waals surface area contributed by atoms with Crippen LogP contribution in [-0.2, 0) is 17.8 Å². The maximum atomic E-state index is 13.1. The van der Waals surface area contributed by atoms with E-state index in [1.807, 2.05) is 73.7 Å². The minimum Gasteiger partial charge on any atom is -0.351 e. The second kappa shape index (κ2) is 9.42. The predicted molar refractivity (Wildman–Crippen MR) is 138 cm³/mol. The number of nitrogens with one attached hydrogen (secondary N) is 3. The highest BCUT2D eigenvalue weighted by molar-refractivity contribution is 5.94. The van der Waals surface area contributed by atoms with E-state index in [1.54, 1.807) is 6.92 Å². The molecule has 1 amide bonds. The van der Waals surface area contributed by atoms with Crippen molar-refractivity contribution in [2.45, 2.75) is 33.2 Å². The molecule has 0 radical (unpaired) electrons. The first-order valence-electron chi connectivity index (χ1n) is 11.5. The van der Waals surface area contributed by atoms with E-state index in [4.69, 9.17) is 0 Å². The number of H-pyrrole nitrogens is 1. The Kier molecular flexibility index (Phi) is 6.01. The smallest absolute Gasteiger partial charge is 0.277 e. The van der Waals surface area contributed by atoms with Crippen molar-refractivity contribution < 1.29 is 4.79 Å². The van der Waals surface area contributed by atoms with Crippen LogP contribution < -0.4 is 16.2 Å². The lowest BCUT2D eigenvalue weighted by Gasteiger charge is -2.08. The van der Waals surface area contributed by atoms with E-state index in [0.717, 1.165) is 22.0 Å². The number of fused-ring (bicyclic) bond motifs is 2. The third kappa shape index (κ3) is 4.91. The van der Waals surface area contributed by atoms with Crippen LogP contribution in [0.15, 0.2) is 71.5 Å². The second-order valence-electron chi connectivity index (χ2n) is 8.64. The van der Waals surface area contributed by atoms with Gasteiger partial charge in [-0.1, -0.05) is 60.2 Å². The number of benzene rings is 3. The number of nitrogens with zero attached hydrogens (tertiary/aromatic N) is 3. The lowest BCUT2D eigenvalue weighted by molar-refractivity contribution is -0.116. The maximum Gasteiger partial charge on any atom is 0.277 e. The number of aromatic amines is 1. The number of hydrogen-bond donors (Lipinski definition) is 3. The molecule has 0 unspecified atom stereocenters. The normalized spacial score (nSPS) is 11.1. The standard InChI is InChI=1S/C27H26N6O2/c1-17-7-9-19(10-8-17)16-28-26-31-27-29-18(2)23(25(35)33(27)32-26)13-14-24(34)30-22-12-11-20-5-3-4-6-21(20)15-22/h3-12,15H,13-14,16H2,1-2H3,(H,30,34)(H2,28,29,31,32). The van der Waals surface area contributed by atoms with Crippen LogP contribution in [-0.4, -0.2) is 25.5 Å². The Balaban J connectivity index is 1.27. The largest absolute Gasteiger partial charge is 0.351 e. The molecule has 0 atom stereocenters. The third-order valence-electron chi connectivity index (χ3n) is 6.01. The van der Waals surface area contributed by atoms with Crippen LogP contribution in [0.1, 0.15) is 28.8 Å².